The molecule has 1 aliphatic rings. The Hall–Kier alpha value is -1.98. The Balaban J connectivity index is 2.03. The second kappa shape index (κ2) is 4.95. The molecule has 1 aliphatic carbocycles. The van der Waals surface area contributed by atoms with Crippen LogP contribution in [0.25, 0.3) is 5.82 Å². The minimum Gasteiger partial charge on any atom is -0.370 e. The summed E-state index contributed by atoms with van der Waals surface area (Å²) in [6.45, 7) is 5.08. The summed E-state index contributed by atoms with van der Waals surface area (Å²) in [5.41, 5.74) is 1.02. The summed E-state index contributed by atoms with van der Waals surface area (Å²) in [5, 5.41) is 7.55. The second-order valence-electron chi connectivity index (χ2n) is 4.92. The number of nitrogens with one attached hydrogen (secondary N) is 1. The van der Waals surface area contributed by atoms with Crippen LogP contribution in [0.2, 0.25) is 0 Å². The van der Waals surface area contributed by atoms with Crippen molar-refractivity contribution in [3.05, 3.63) is 24.0 Å². The lowest BCUT2D eigenvalue weighted by molar-refractivity contribution is 0.796. The van der Waals surface area contributed by atoms with Crippen molar-refractivity contribution in [1.82, 2.24) is 24.7 Å². The monoisotopic (exact) mass is 258 g/mol. The van der Waals surface area contributed by atoms with Crippen molar-refractivity contribution in [2.45, 2.75) is 39.0 Å². The molecule has 1 N–H and O–H groups in total. The van der Waals surface area contributed by atoms with Crippen LogP contribution in [0.5, 0.6) is 0 Å². The van der Waals surface area contributed by atoms with Crippen molar-refractivity contribution in [3.63, 3.8) is 0 Å². The molecule has 19 heavy (non-hydrogen) atoms. The van der Waals surface area contributed by atoms with E-state index in [2.05, 4.69) is 32.3 Å². The van der Waals surface area contributed by atoms with Crippen molar-refractivity contribution < 1.29 is 0 Å². The van der Waals surface area contributed by atoms with Crippen LogP contribution < -0.4 is 5.32 Å². The molecule has 0 spiro atoms. The van der Waals surface area contributed by atoms with E-state index < -0.39 is 0 Å². The lowest BCUT2D eigenvalue weighted by atomic mass is 10.2. The van der Waals surface area contributed by atoms with Crippen LogP contribution in [-0.4, -0.2) is 31.3 Å². The van der Waals surface area contributed by atoms with Crippen molar-refractivity contribution in [2.24, 2.45) is 0 Å². The molecule has 0 unspecified atom stereocenters. The van der Waals surface area contributed by atoms with E-state index in [1.807, 2.05) is 6.92 Å². The molecule has 2 heterocycles. The van der Waals surface area contributed by atoms with Gasteiger partial charge in [-0.3, -0.25) is 0 Å². The largest absolute Gasteiger partial charge is 0.370 e. The Labute approximate surface area is 112 Å². The molecule has 0 aliphatic heterocycles. The van der Waals surface area contributed by atoms with Gasteiger partial charge < -0.3 is 5.32 Å². The predicted molar refractivity (Wildman–Crippen MR) is 72.4 cm³/mol. The van der Waals surface area contributed by atoms with E-state index in [0.717, 1.165) is 36.0 Å². The third kappa shape index (κ3) is 2.43. The van der Waals surface area contributed by atoms with Gasteiger partial charge in [0, 0.05) is 18.0 Å². The Morgan fingerprint density at radius 3 is 2.84 bits per heavy atom. The molecule has 0 saturated heterocycles. The summed E-state index contributed by atoms with van der Waals surface area (Å²) in [6, 6.07) is 0. The highest BCUT2D eigenvalue weighted by Gasteiger charge is 2.28. The molecule has 6 heteroatoms. The topological polar surface area (TPSA) is 68.5 Å². The van der Waals surface area contributed by atoms with Crippen molar-refractivity contribution in [3.8, 4) is 5.82 Å². The maximum atomic E-state index is 4.66. The van der Waals surface area contributed by atoms with Gasteiger partial charge in [0.05, 0.1) is 0 Å². The first-order valence-electron chi connectivity index (χ1n) is 6.77. The maximum Gasteiger partial charge on any atom is 0.163 e. The van der Waals surface area contributed by atoms with E-state index >= 15 is 0 Å². The van der Waals surface area contributed by atoms with Gasteiger partial charge in [0.15, 0.2) is 5.82 Å². The zero-order valence-electron chi connectivity index (χ0n) is 11.3. The minimum absolute atomic E-state index is 0.519. The molecule has 2 aromatic rings. The first kappa shape index (κ1) is 12.1. The van der Waals surface area contributed by atoms with Gasteiger partial charge >= 0.3 is 0 Å². The summed E-state index contributed by atoms with van der Waals surface area (Å²) in [4.78, 5) is 13.3. The van der Waals surface area contributed by atoms with Crippen LogP contribution in [0.1, 0.15) is 43.5 Å². The van der Waals surface area contributed by atoms with E-state index in [9.17, 15) is 0 Å². The molecule has 100 valence electrons. The van der Waals surface area contributed by atoms with Gasteiger partial charge in [-0.1, -0.05) is 6.92 Å². The number of aromatic nitrogens is 5. The Morgan fingerprint density at radius 2 is 2.21 bits per heavy atom. The van der Waals surface area contributed by atoms with Gasteiger partial charge in [0.2, 0.25) is 0 Å². The second-order valence-corrected chi connectivity index (χ2v) is 4.92. The highest BCUT2D eigenvalue weighted by molar-refractivity contribution is 5.51. The summed E-state index contributed by atoms with van der Waals surface area (Å²) in [5.74, 6) is 3.19. The van der Waals surface area contributed by atoms with Crippen LogP contribution in [0.3, 0.4) is 0 Å². The van der Waals surface area contributed by atoms with Crippen LogP contribution in [0.4, 0.5) is 5.82 Å². The molecule has 1 fully saturated rings. The van der Waals surface area contributed by atoms with E-state index in [0.29, 0.717) is 5.92 Å². The first-order chi connectivity index (χ1) is 9.29. The number of rotatable bonds is 5. The van der Waals surface area contributed by atoms with Gasteiger partial charge in [-0.15, -0.1) is 0 Å². The van der Waals surface area contributed by atoms with Gasteiger partial charge in [-0.2, -0.15) is 5.10 Å². The van der Waals surface area contributed by atoms with Crippen LogP contribution >= 0.6 is 0 Å². The normalized spacial score (nSPS) is 14.6. The third-order valence-electron chi connectivity index (χ3n) is 3.26. The molecule has 0 bridgehead atoms. The molecule has 6 nitrogen and oxygen atoms in total. The Bertz CT molecular complexity index is 559. The zero-order valence-corrected chi connectivity index (χ0v) is 11.3. The average Bonchev–Trinajstić information content (AvgIpc) is 3.13. The molecule has 3 rings (SSSR count). The molecule has 2 aromatic heterocycles. The molecule has 0 aromatic carbocycles. The standard InChI is InChI=1S/C13H18N6/c1-3-6-15-11-9(2)13(19-8-14-7-16-19)18-12(17-11)10-4-5-10/h7-8,10H,3-6H2,1-2H3,(H,15,17,18). The number of nitrogens with zero attached hydrogens (tertiary/aromatic N) is 5. The highest BCUT2D eigenvalue weighted by atomic mass is 15.3. The van der Waals surface area contributed by atoms with E-state index in [1.165, 1.54) is 19.2 Å². The van der Waals surface area contributed by atoms with Crippen LogP contribution in [0.15, 0.2) is 12.7 Å². The number of hydrogen-bond acceptors (Lipinski definition) is 5. The highest BCUT2D eigenvalue weighted by Crippen LogP contribution is 2.39. The number of anilines is 1. The summed E-state index contributed by atoms with van der Waals surface area (Å²) >= 11 is 0. The van der Waals surface area contributed by atoms with Gasteiger partial charge in [-0.25, -0.2) is 19.6 Å². The molecular weight excluding hydrogens is 240 g/mol. The molecule has 1 saturated carbocycles. The van der Waals surface area contributed by atoms with E-state index in [1.54, 1.807) is 11.0 Å². The lowest BCUT2D eigenvalue weighted by Crippen LogP contribution is -2.12. The Kier molecular flexibility index (Phi) is 3.15. The van der Waals surface area contributed by atoms with Gasteiger partial charge in [-0.05, 0) is 26.2 Å². The summed E-state index contributed by atoms with van der Waals surface area (Å²) in [7, 11) is 0. The fourth-order valence-electron chi connectivity index (χ4n) is 2.00. The molecular formula is C13H18N6. The zero-order chi connectivity index (χ0) is 13.2. The summed E-state index contributed by atoms with van der Waals surface area (Å²) in [6.07, 6.45) is 6.65. The quantitative estimate of drug-likeness (QED) is 0.889. The van der Waals surface area contributed by atoms with Crippen molar-refractivity contribution in [2.75, 3.05) is 11.9 Å². The average molecular weight is 258 g/mol. The SMILES string of the molecule is CCCNc1nc(C2CC2)nc(-n2cncn2)c1C. The van der Waals surface area contributed by atoms with E-state index in [4.69, 9.17) is 0 Å². The molecule has 0 atom stereocenters. The van der Waals surface area contributed by atoms with Crippen LogP contribution in [-0.2, 0) is 0 Å². The summed E-state index contributed by atoms with van der Waals surface area (Å²) < 4.78 is 1.71. The Morgan fingerprint density at radius 1 is 1.37 bits per heavy atom. The molecule has 0 radical (unpaired) electrons. The van der Waals surface area contributed by atoms with Gasteiger partial charge in [0.25, 0.3) is 0 Å². The maximum absolute atomic E-state index is 4.66. The fraction of sp³-hybridized carbons (Fsp3) is 0.538. The predicted octanol–water partition coefficient (Wildman–Crippen LogP) is 2.07. The molecule has 0 amide bonds. The van der Waals surface area contributed by atoms with Crippen molar-refractivity contribution >= 4 is 5.82 Å². The first-order valence-corrected chi connectivity index (χ1v) is 6.77. The third-order valence-corrected chi connectivity index (χ3v) is 3.26. The van der Waals surface area contributed by atoms with Gasteiger partial charge in [0.1, 0.15) is 24.3 Å². The minimum atomic E-state index is 0.519. The smallest absolute Gasteiger partial charge is 0.163 e. The lowest BCUT2D eigenvalue weighted by Gasteiger charge is -2.13. The van der Waals surface area contributed by atoms with E-state index in [-0.39, 0.29) is 0 Å². The van der Waals surface area contributed by atoms with Crippen LogP contribution in [0, 0.1) is 6.92 Å². The number of hydrogen-bond donors (Lipinski definition) is 1. The van der Waals surface area contributed by atoms with Crippen molar-refractivity contribution in [1.29, 1.82) is 0 Å². The fourth-order valence-corrected chi connectivity index (χ4v) is 2.00.